The number of benzene rings is 2. The third-order valence-corrected chi connectivity index (χ3v) is 8.21. The van der Waals surface area contributed by atoms with Crippen molar-refractivity contribution in [3.8, 4) is 51.7 Å². The minimum absolute atomic E-state index is 0.449. The fourth-order valence-electron chi connectivity index (χ4n) is 5.80. The summed E-state index contributed by atoms with van der Waals surface area (Å²) in [7, 11) is 2.03. The van der Waals surface area contributed by atoms with Gasteiger partial charge in [-0.1, -0.05) is 0 Å². The smallest absolute Gasteiger partial charge is 0.294 e. The Labute approximate surface area is 253 Å². The number of carbonyl (C=O) groups excluding carboxylic acids is 1. The molecule has 2 aromatic rings. The summed E-state index contributed by atoms with van der Waals surface area (Å²) < 4.78 is 9.83. The molecule has 256 valence electrons. The highest BCUT2D eigenvalue weighted by Crippen LogP contribution is 2.61. The quantitative estimate of drug-likeness (QED) is 0.0773. The number of piperidine rings is 1. The van der Waals surface area contributed by atoms with Crippen molar-refractivity contribution in [1.29, 1.82) is 0 Å². The highest BCUT2D eigenvalue weighted by atomic mass is 16.7. The highest BCUT2D eigenvalue weighted by Gasteiger charge is 2.87. The summed E-state index contributed by atoms with van der Waals surface area (Å²) in [6.45, 7) is 0. The second kappa shape index (κ2) is 9.91. The van der Waals surface area contributed by atoms with Gasteiger partial charge in [0.15, 0.2) is 34.4 Å². The van der Waals surface area contributed by atoms with Crippen LogP contribution in [-0.2, 0) is 12.3 Å². The van der Waals surface area contributed by atoms with Crippen LogP contribution in [0.1, 0.15) is 27.9 Å². The van der Waals surface area contributed by atoms with Gasteiger partial charge in [0.2, 0.25) is 28.7 Å². The molecule has 1 heterocycles. The van der Waals surface area contributed by atoms with E-state index in [-0.39, 0.29) is 0 Å². The molecule has 1 saturated heterocycles. The maximum Gasteiger partial charge on any atom is 0.294 e. The average molecular weight is 667 g/mol. The monoisotopic (exact) mass is 667 g/mol. The van der Waals surface area contributed by atoms with Crippen LogP contribution >= 0.6 is 0 Å². The Balaban J connectivity index is 1.90. The van der Waals surface area contributed by atoms with Gasteiger partial charge in [0.25, 0.3) is 29.3 Å². The zero-order valence-corrected chi connectivity index (χ0v) is 23.2. The second-order valence-corrected chi connectivity index (χ2v) is 10.7. The molecule has 0 bridgehead atoms. The van der Waals surface area contributed by atoms with E-state index in [0.29, 0.717) is 0 Å². The van der Waals surface area contributed by atoms with Crippen molar-refractivity contribution in [3.63, 3.8) is 0 Å². The Kier molecular flexibility index (Phi) is 7.48. The second-order valence-electron chi connectivity index (χ2n) is 10.7. The number of hydrogen-bond donors (Lipinski definition) is 18. The number of nitrogens with zero attached hydrogens (tertiary/aromatic N) is 1. The average Bonchev–Trinajstić information content (AvgIpc) is 3.26. The van der Waals surface area contributed by atoms with Crippen LogP contribution in [0, 0.1) is 5.92 Å². The molecule has 1 atom stereocenters. The van der Waals surface area contributed by atoms with Crippen LogP contribution in [0.15, 0.2) is 0 Å². The lowest BCUT2D eigenvalue weighted by Crippen LogP contribution is -2.95. The molecule has 0 aromatic heterocycles. The largest absolute Gasteiger partial charge is 0.504 e. The molecular formula is C24H29NO21. The highest BCUT2D eigenvalue weighted by molar-refractivity contribution is 6.06. The summed E-state index contributed by atoms with van der Waals surface area (Å²) in [6.07, 6.45) is -2.69. The third-order valence-electron chi connectivity index (χ3n) is 8.21. The van der Waals surface area contributed by atoms with E-state index in [1.807, 2.05) is 0 Å². The molecule has 1 fully saturated rings. The number of phenolic OH excluding ortho intramolecular Hbond substituents is 7. The Morgan fingerprint density at radius 3 is 1.48 bits per heavy atom. The van der Waals surface area contributed by atoms with E-state index in [4.69, 9.17) is 9.47 Å². The van der Waals surface area contributed by atoms with Crippen LogP contribution in [0.25, 0.3) is 0 Å². The predicted octanol–water partition coefficient (Wildman–Crippen LogP) is -6.13. The zero-order chi connectivity index (χ0) is 35.5. The lowest BCUT2D eigenvalue weighted by atomic mass is 9.69. The molecule has 0 amide bonds. The maximum absolute atomic E-state index is 13.3. The Morgan fingerprint density at radius 2 is 1.07 bits per heavy atom. The number of carbonyl (C=O) groups is 1. The first-order valence-electron chi connectivity index (χ1n) is 12.4. The number of methoxy groups -OCH3 is 2. The van der Waals surface area contributed by atoms with Crippen LogP contribution in [0.5, 0.6) is 51.7 Å². The van der Waals surface area contributed by atoms with Gasteiger partial charge in [-0.25, -0.2) is 0 Å². The molecule has 0 spiro atoms. The van der Waals surface area contributed by atoms with E-state index in [0.717, 1.165) is 14.2 Å². The summed E-state index contributed by atoms with van der Waals surface area (Å²) >= 11 is 0. The Bertz CT molecular complexity index is 1570. The van der Waals surface area contributed by atoms with Gasteiger partial charge in [0.05, 0.1) is 19.8 Å². The molecule has 22 nitrogen and oxygen atoms in total. The van der Waals surface area contributed by atoms with Gasteiger partial charge in [-0.3, -0.25) is 4.79 Å². The summed E-state index contributed by atoms with van der Waals surface area (Å²) in [5.41, 5.74) is -7.99. The van der Waals surface area contributed by atoms with E-state index in [1.165, 1.54) is 0 Å². The lowest BCUT2D eigenvalue weighted by Gasteiger charge is -2.64. The van der Waals surface area contributed by atoms with Crippen molar-refractivity contribution in [3.05, 3.63) is 16.7 Å². The molecule has 2 aliphatic rings. The van der Waals surface area contributed by atoms with Crippen LogP contribution in [0.3, 0.4) is 0 Å². The first kappa shape index (κ1) is 34.7. The van der Waals surface area contributed by atoms with Crippen molar-refractivity contribution >= 4 is 5.78 Å². The normalized spacial score (nSPS) is 22.8. The van der Waals surface area contributed by atoms with Gasteiger partial charge in [0.1, 0.15) is 5.56 Å². The number of rotatable bonds is 6. The lowest BCUT2D eigenvalue weighted by molar-refractivity contribution is -0.629. The number of Topliss-reactive ketones (excluding diaryl/α,β-unsaturated/α-hetero) is 1. The number of ether oxygens (including phenoxy) is 2. The fourth-order valence-corrected chi connectivity index (χ4v) is 5.80. The topological polar surface area (TPSA) is 403 Å². The molecule has 1 unspecified atom stereocenters. The molecule has 0 radical (unpaired) electrons. The summed E-state index contributed by atoms with van der Waals surface area (Å²) in [4.78, 5) is 11.6. The molecule has 4 rings (SSSR count). The van der Waals surface area contributed by atoms with Crippen LogP contribution in [0.2, 0.25) is 0 Å². The van der Waals surface area contributed by atoms with E-state index >= 15 is 0 Å². The number of ketones is 1. The van der Waals surface area contributed by atoms with Crippen molar-refractivity contribution in [2.75, 3.05) is 14.2 Å². The minimum atomic E-state index is -5.23. The summed E-state index contributed by atoms with van der Waals surface area (Å²) in [5.74, 6) is -41.5. The van der Waals surface area contributed by atoms with Gasteiger partial charge in [-0.2, -0.15) is 0 Å². The van der Waals surface area contributed by atoms with Crippen molar-refractivity contribution < 1.29 is 106 Å². The SMILES string of the molecule is COc1c(O)c2c(c(O)c1OC)C(=O)C(CC1(O)C(O)(O)C(O)(O)N(C(O)(O)c3c(O)c(O)c(O)c(O)c3O)C(O)(O)C1(O)O)C2. The number of phenols is 7. The fraction of sp³-hybridized carbons (Fsp3) is 0.458. The third kappa shape index (κ3) is 3.85. The minimum Gasteiger partial charge on any atom is -0.504 e. The Hall–Kier alpha value is -4.17. The molecule has 0 saturated carbocycles. The molecule has 22 heteroatoms. The van der Waals surface area contributed by atoms with Crippen molar-refractivity contribution in [2.45, 2.75) is 47.8 Å². The van der Waals surface area contributed by atoms with Gasteiger partial charge in [-0.15, -0.1) is 4.90 Å². The van der Waals surface area contributed by atoms with Crippen molar-refractivity contribution in [2.24, 2.45) is 5.92 Å². The predicted molar refractivity (Wildman–Crippen MR) is 135 cm³/mol. The van der Waals surface area contributed by atoms with Gasteiger partial charge >= 0.3 is 0 Å². The van der Waals surface area contributed by atoms with Gasteiger partial charge < -0.3 is 101 Å². The number of hydrogen-bond acceptors (Lipinski definition) is 22. The number of likely N-dealkylation sites (tertiary alicyclic amines) is 1. The number of aliphatic hydroxyl groups is 11. The van der Waals surface area contributed by atoms with Crippen LogP contribution in [0.4, 0.5) is 0 Å². The standard InChI is InChI=1S/C24H29NO21/c1-45-17-10(27)6-3-5(9(26)7(6)11(28)18(17)46-2)4-19(34)21(37,38)23(41,42)25(24(43,44)22(19,39)40)20(35,36)8-12(29)14(31)16(33)15(32)13(8)30/h5,27-44H,3-4H2,1-2H3. The number of aromatic hydroxyl groups is 7. The van der Waals surface area contributed by atoms with E-state index in [2.05, 4.69) is 0 Å². The van der Waals surface area contributed by atoms with E-state index < -0.39 is 133 Å². The first-order valence-corrected chi connectivity index (χ1v) is 12.4. The molecule has 18 N–H and O–H groups in total. The molecule has 1 aliphatic heterocycles. The summed E-state index contributed by atoms with van der Waals surface area (Å²) in [5, 5.41) is 190. The number of fused-ring (bicyclic) bond motifs is 1. The molecular weight excluding hydrogens is 638 g/mol. The van der Waals surface area contributed by atoms with E-state index in [1.54, 1.807) is 0 Å². The molecule has 46 heavy (non-hydrogen) atoms. The Morgan fingerprint density at radius 1 is 0.674 bits per heavy atom. The first-order chi connectivity index (χ1) is 20.7. The van der Waals surface area contributed by atoms with Crippen LogP contribution < -0.4 is 9.47 Å². The molecule has 2 aromatic carbocycles. The zero-order valence-electron chi connectivity index (χ0n) is 23.2. The van der Waals surface area contributed by atoms with E-state index in [9.17, 15) is 96.7 Å². The van der Waals surface area contributed by atoms with Crippen LogP contribution in [-0.4, -0.2) is 146 Å². The van der Waals surface area contributed by atoms with Gasteiger partial charge in [0, 0.05) is 11.5 Å². The molecule has 1 aliphatic carbocycles. The van der Waals surface area contributed by atoms with Crippen molar-refractivity contribution in [1.82, 2.24) is 4.90 Å². The van der Waals surface area contributed by atoms with Gasteiger partial charge in [-0.05, 0) is 12.8 Å². The maximum atomic E-state index is 13.3. The summed E-state index contributed by atoms with van der Waals surface area (Å²) in [6, 6.07) is 0.